The average molecular weight is 433 g/mol. The van der Waals surface area contributed by atoms with Crippen LogP contribution in [0.25, 0.3) is 0 Å². The van der Waals surface area contributed by atoms with Crippen LogP contribution in [-0.4, -0.2) is 26.9 Å². The van der Waals surface area contributed by atoms with Gasteiger partial charge in [0.1, 0.15) is 6.61 Å². The highest BCUT2D eigenvalue weighted by molar-refractivity contribution is 9.10. The number of nitrogens with one attached hydrogen (secondary N) is 1. The predicted octanol–water partition coefficient (Wildman–Crippen LogP) is 3.05. The predicted molar refractivity (Wildman–Crippen MR) is 106 cm³/mol. The van der Waals surface area contributed by atoms with Crippen LogP contribution < -0.4 is 20.6 Å². The largest absolute Gasteiger partial charge is 0.490 e. The Balaban J connectivity index is 1.77. The molecule has 0 aliphatic heterocycles. The fourth-order valence-corrected chi connectivity index (χ4v) is 3.13. The van der Waals surface area contributed by atoms with E-state index < -0.39 is 0 Å². The lowest BCUT2D eigenvalue weighted by atomic mass is 10.1. The van der Waals surface area contributed by atoms with E-state index in [9.17, 15) is 0 Å². The summed E-state index contributed by atoms with van der Waals surface area (Å²) in [7, 11) is 0. The van der Waals surface area contributed by atoms with Crippen molar-refractivity contribution in [2.45, 2.75) is 27.0 Å². The van der Waals surface area contributed by atoms with Crippen LogP contribution in [-0.2, 0) is 13.2 Å². The topological polar surface area (TPSA) is 100 Å². The highest BCUT2D eigenvalue weighted by Gasteiger charge is 2.13. The fourth-order valence-electron chi connectivity index (χ4n) is 2.52. The van der Waals surface area contributed by atoms with Crippen molar-refractivity contribution >= 4 is 21.9 Å². The first-order valence-corrected chi connectivity index (χ1v) is 9.28. The maximum atomic E-state index is 6.06. The van der Waals surface area contributed by atoms with E-state index in [1.54, 1.807) is 0 Å². The van der Waals surface area contributed by atoms with Gasteiger partial charge in [0.05, 0.1) is 17.6 Å². The van der Waals surface area contributed by atoms with Crippen molar-refractivity contribution in [2.75, 3.05) is 17.8 Å². The van der Waals surface area contributed by atoms with Crippen LogP contribution in [0.3, 0.4) is 0 Å². The van der Waals surface area contributed by atoms with Crippen molar-refractivity contribution < 1.29 is 9.47 Å². The minimum absolute atomic E-state index is 0.192. The lowest BCUT2D eigenvalue weighted by Gasteiger charge is -2.16. The second kappa shape index (κ2) is 8.72. The van der Waals surface area contributed by atoms with E-state index >= 15 is 0 Å². The summed E-state index contributed by atoms with van der Waals surface area (Å²) in [6.45, 7) is 5.46. The minimum atomic E-state index is 0.192. The van der Waals surface area contributed by atoms with Gasteiger partial charge >= 0.3 is 0 Å². The van der Waals surface area contributed by atoms with Crippen molar-refractivity contribution in [2.24, 2.45) is 0 Å². The Hall–Kier alpha value is -2.81. The second-order valence-corrected chi connectivity index (χ2v) is 6.69. The van der Waals surface area contributed by atoms with Crippen LogP contribution in [0.4, 0.5) is 5.95 Å². The number of nitrogens with two attached hydrogens (primary N) is 1. The van der Waals surface area contributed by atoms with Crippen LogP contribution in [0.1, 0.15) is 23.6 Å². The van der Waals surface area contributed by atoms with Crippen molar-refractivity contribution in [3.05, 3.63) is 57.6 Å². The number of tetrazole rings is 1. The molecule has 0 amide bonds. The average Bonchev–Trinajstić information content (AvgIpc) is 3.06. The van der Waals surface area contributed by atoms with Crippen LogP contribution in [0, 0.1) is 6.92 Å². The first kappa shape index (κ1) is 19.0. The van der Waals surface area contributed by atoms with Gasteiger partial charge in [0.25, 0.3) is 5.95 Å². The molecule has 0 aliphatic rings. The quantitative estimate of drug-likeness (QED) is 0.563. The van der Waals surface area contributed by atoms with Crippen LogP contribution in [0.2, 0.25) is 0 Å². The number of hydrogen-bond acceptors (Lipinski definition) is 7. The Morgan fingerprint density at radius 3 is 2.74 bits per heavy atom. The van der Waals surface area contributed by atoms with Gasteiger partial charge in [-0.3, -0.25) is 0 Å². The standard InChI is InChI=1S/C18H21BrN6O2/c1-3-26-16-9-13(10-21-25-18(20)22-23-24-25)8-15(19)17(16)27-11-14-7-5-4-6-12(14)2/h4-9,21H,3,10-11H2,1-2H3,(H2,20,22,24). The van der Waals surface area contributed by atoms with E-state index in [2.05, 4.69) is 55.9 Å². The zero-order valence-electron chi connectivity index (χ0n) is 15.1. The van der Waals surface area contributed by atoms with Gasteiger partial charge < -0.3 is 20.6 Å². The molecule has 0 aliphatic carbocycles. The highest BCUT2D eigenvalue weighted by Crippen LogP contribution is 2.37. The molecule has 3 aromatic rings. The first-order valence-electron chi connectivity index (χ1n) is 8.48. The molecule has 27 heavy (non-hydrogen) atoms. The van der Waals surface area contributed by atoms with Gasteiger partial charge in [0.2, 0.25) is 0 Å². The Bertz CT molecular complexity index is 915. The van der Waals surface area contributed by atoms with Gasteiger partial charge in [-0.1, -0.05) is 29.4 Å². The van der Waals surface area contributed by atoms with Crippen molar-refractivity contribution in [3.8, 4) is 11.5 Å². The molecular weight excluding hydrogens is 412 g/mol. The molecular formula is C18H21BrN6O2. The summed E-state index contributed by atoms with van der Waals surface area (Å²) in [4.78, 5) is 1.32. The number of hydrogen-bond donors (Lipinski definition) is 2. The van der Waals surface area contributed by atoms with Gasteiger partial charge in [-0.05, 0) is 69.0 Å². The Morgan fingerprint density at radius 2 is 2.04 bits per heavy atom. The molecule has 142 valence electrons. The molecule has 0 saturated carbocycles. The molecule has 3 N–H and O–H groups in total. The molecule has 9 heteroatoms. The number of rotatable bonds is 8. The molecule has 1 aromatic heterocycles. The number of halogens is 1. The zero-order valence-corrected chi connectivity index (χ0v) is 16.7. The normalized spacial score (nSPS) is 10.6. The summed E-state index contributed by atoms with van der Waals surface area (Å²) >= 11 is 3.59. The summed E-state index contributed by atoms with van der Waals surface area (Å²) in [5.74, 6) is 1.53. The van der Waals surface area contributed by atoms with E-state index in [4.69, 9.17) is 15.2 Å². The van der Waals surface area contributed by atoms with Crippen molar-refractivity contribution in [1.29, 1.82) is 0 Å². The van der Waals surface area contributed by atoms with Gasteiger partial charge in [-0.25, -0.2) is 0 Å². The molecule has 0 spiro atoms. The number of aryl methyl sites for hydroxylation is 1. The van der Waals surface area contributed by atoms with Gasteiger partial charge in [0.15, 0.2) is 11.5 Å². The number of nitrogens with zero attached hydrogens (tertiary/aromatic N) is 4. The molecule has 0 atom stereocenters. The lowest BCUT2D eigenvalue weighted by molar-refractivity contribution is 0.267. The summed E-state index contributed by atoms with van der Waals surface area (Å²) in [6, 6.07) is 12.0. The summed E-state index contributed by atoms with van der Waals surface area (Å²) in [5, 5.41) is 10.9. The van der Waals surface area contributed by atoms with E-state index in [0.717, 1.165) is 15.6 Å². The molecule has 0 unspecified atom stereocenters. The number of nitrogen functional groups attached to an aromatic ring is 1. The molecule has 0 fully saturated rings. The van der Waals surface area contributed by atoms with Crippen LogP contribution in [0.15, 0.2) is 40.9 Å². The maximum Gasteiger partial charge on any atom is 0.260 e. The summed E-state index contributed by atoms with van der Waals surface area (Å²) in [5.41, 5.74) is 12.0. The Morgan fingerprint density at radius 1 is 1.22 bits per heavy atom. The van der Waals surface area contributed by atoms with Crippen molar-refractivity contribution in [1.82, 2.24) is 20.3 Å². The summed E-state index contributed by atoms with van der Waals surface area (Å²) in [6.07, 6.45) is 0. The number of anilines is 1. The zero-order chi connectivity index (χ0) is 19.2. The van der Waals surface area contributed by atoms with E-state index in [1.165, 1.54) is 10.4 Å². The van der Waals surface area contributed by atoms with E-state index in [0.29, 0.717) is 31.3 Å². The van der Waals surface area contributed by atoms with Crippen molar-refractivity contribution in [3.63, 3.8) is 0 Å². The Labute approximate surface area is 165 Å². The molecule has 8 nitrogen and oxygen atoms in total. The first-order chi connectivity index (χ1) is 13.1. The summed E-state index contributed by atoms with van der Waals surface area (Å²) < 4.78 is 12.7. The monoisotopic (exact) mass is 432 g/mol. The second-order valence-electron chi connectivity index (χ2n) is 5.84. The Kier molecular flexibility index (Phi) is 6.12. The van der Waals surface area contributed by atoms with Gasteiger partial charge in [-0.2, -0.15) is 0 Å². The molecule has 0 saturated heterocycles. The SMILES string of the molecule is CCOc1cc(CNn2nnnc2N)cc(Br)c1OCc1ccccc1C. The fraction of sp³-hybridized carbons (Fsp3) is 0.278. The van der Waals surface area contributed by atoms with Gasteiger partial charge in [0, 0.05) is 0 Å². The minimum Gasteiger partial charge on any atom is -0.490 e. The molecule has 2 aromatic carbocycles. The van der Waals surface area contributed by atoms with Gasteiger partial charge in [-0.15, -0.1) is 4.79 Å². The number of aromatic nitrogens is 4. The smallest absolute Gasteiger partial charge is 0.260 e. The van der Waals surface area contributed by atoms with Crippen LogP contribution in [0.5, 0.6) is 11.5 Å². The third-order valence-corrected chi connectivity index (χ3v) is 4.52. The lowest BCUT2D eigenvalue weighted by Crippen LogP contribution is -2.18. The number of benzene rings is 2. The molecule has 3 rings (SSSR count). The van der Waals surface area contributed by atoms with Crippen LogP contribution >= 0.6 is 15.9 Å². The van der Waals surface area contributed by atoms with E-state index in [1.807, 2.05) is 31.2 Å². The number of ether oxygens (including phenoxy) is 2. The maximum absolute atomic E-state index is 6.06. The third-order valence-electron chi connectivity index (χ3n) is 3.93. The molecule has 0 bridgehead atoms. The third kappa shape index (κ3) is 4.68. The van der Waals surface area contributed by atoms with E-state index in [-0.39, 0.29) is 5.95 Å². The highest BCUT2D eigenvalue weighted by atomic mass is 79.9. The molecule has 1 heterocycles. The molecule has 0 radical (unpaired) electrons.